The van der Waals surface area contributed by atoms with E-state index in [1.165, 1.54) is 34.6 Å². The van der Waals surface area contributed by atoms with Crippen LogP contribution in [0.15, 0.2) is 45.8 Å². The van der Waals surface area contributed by atoms with E-state index in [-0.39, 0.29) is 16.1 Å². The maximum atomic E-state index is 13.6. The SMILES string of the molecule is CCOc1ccc(S(=O)(=O)N2CCCCC2)cc1NC(=O)c1cc(F)ccc1Br. The number of sulfonamides is 1. The molecule has 0 spiro atoms. The number of hydrogen-bond acceptors (Lipinski definition) is 4. The molecule has 2 aromatic carbocycles. The van der Waals surface area contributed by atoms with Crippen molar-refractivity contribution in [3.8, 4) is 5.75 Å². The molecule has 6 nitrogen and oxygen atoms in total. The van der Waals surface area contributed by atoms with Crippen molar-refractivity contribution in [2.75, 3.05) is 25.0 Å². The van der Waals surface area contributed by atoms with Gasteiger partial charge in [0, 0.05) is 17.6 Å². The lowest BCUT2D eigenvalue weighted by molar-refractivity contribution is 0.102. The third-order valence-corrected chi connectivity index (χ3v) is 7.21. The zero-order valence-corrected chi connectivity index (χ0v) is 18.4. The van der Waals surface area contributed by atoms with Gasteiger partial charge in [0.2, 0.25) is 10.0 Å². The monoisotopic (exact) mass is 484 g/mol. The fraction of sp³-hybridized carbons (Fsp3) is 0.350. The quantitative estimate of drug-likeness (QED) is 0.658. The Morgan fingerprint density at radius 3 is 2.59 bits per heavy atom. The van der Waals surface area contributed by atoms with Crippen LogP contribution in [0.1, 0.15) is 36.5 Å². The number of ether oxygens (including phenoxy) is 1. The summed E-state index contributed by atoms with van der Waals surface area (Å²) in [6.07, 6.45) is 2.67. The Hall–Kier alpha value is -1.97. The molecule has 1 aliphatic rings. The molecule has 1 N–H and O–H groups in total. The smallest absolute Gasteiger partial charge is 0.257 e. The molecule has 0 radical (unpaired) electrons. The molecule has 1 heterocycles. The first-order valence-corrected chi connectivity index (χ1v) is 11.6. The minimum absolute atomic E-state index is 0.0801. The summed E-state index contributed by atoms with van der Waals surface area (Å²) >= 11 is 3.23. The van der Waals surface area contributed by atoms with Gasteiger partial charge in [0.05, 0.1) is 22.8 Å². The van der Waals surface area contributed by atoms with Crippen LogP contribution in [-0.2, 0) is 10.0 Å². The number of benzene rings is 2. The van der Waals surface area contributed by atoms with Crippen LogP contribution < -0.4 is 10.1 Å². The van der Waals surface area contributed by atoms with Gasteiger partial charge in [0.15, 0.2) is 0 Å². The van der Waals surface area contributed by atoms with Crippen molar-refractivity contribution in [2.24, 2.45) is 0 Å². The summed E-state index contributed by atoms with van der Waals surface area (Å²) in [5, 5.41) is 2.65. The van der Waals surface area contributed by atoms with Crippen LogP contribution in [0.5, 0.6) is 5.75 Å². The molecule has 0 aromatic heterocycles. The van der Waals surface area contributed by atoms with Crippen molar-refractivity contribution in [1.29, 1.82) is 0 Å². The van der Waals surface area contributed by atoms with E-state index in [9.17, 15) is 17.6 Å². The van der Waals surface area contributed by atoms with E-state index in [0.29, 0.717) is 29.9 Å². The Morgan fingerprint density at radius 2 is 1.90 bits per heavy atom. The Labute approximate surface area is 178 Å². The predicted octanol–water partition coefficient (Wildman–Crippen LogP) is 4.41. The highest BCUT2D eigenvalue weighted by Gasteiger charge is 2.27. The van der Waals surface area contributed by atoms with Crippen LogP contribution in [0.2, 0.25) is 0 Å². The fourth-order valence-corrected chi connectivity index (χ4v) is 5.13. The Balaban J connectivity index is 1.95. The van der Waals surface area contributed by atoms with Gasteiger partial charge in [-0.05, 0) is 72.1 Å². The summed E-state index contributed by atoms with van der Waals surface area (Å²) in [7, 11) is -3.67. The number of carbonyl (C=O) groups is 1. The molecule has 1 saturated heterocycles. The molecule has 3 rings (SSSR count). The number of hydrogen-bond donors (Lipinski definition) is 1. The van der Waals surface area contributed by atoms with Crippen molar-refractivity contribution in [1.82, 2.24) is 4.31 Å². The molecular formula is C20H22BrFN2O4S. The minimum Gasteiger partial charge on any atom is -0.492 e. The lowest BCUT2D eigenvalue weighted by atomic mass is 10.2. The first-order valence-electron chi connectivity index (χ1n) is 9.36. The summed E-state index contributed by atoms with van der Waals surface area (Å²) < 4.78 is 46.9. The van der Waals surface area contributed by atoms with Crippen LogP contribution in [0, 0.1) is 5.82 Å². The first kappa shape index (κ1) is 21.7. The molecule has 9 heteroatoms. The molecular weight excluding hydrogens is 463 g/mol. The van der Waals surface area contributed by atoms with Crippen molar-refractivity contribution in [3.63, 3.8) is 0 Å². The van der Waals surface area contributed by atoms with E-state index in [0.717, 1.165) is 25.3 Å². The molecule has 1 amide bonds. The average Bonchev–Trinajstić information content (AvgIpc) is 2.71. The highest BCUT2D eigenvalue weighted by atomic mass is 79.9. The normalized spacial score (nSPS) is 15.1. The van der Waals surface area contributed by atoms with E-state index >= 15 is 0 Å². The second-order valence-electron chi connectivity index (χ2n) is 6.63. The Kier molecular flexibility index (Phi) is 6.92. The van der Waals surface area contributed by atoms with Crippen LogP contribution in [0.3, 0.4) is 0 Å². The van der Waals surface area contributed by atoms with Gasteiger partial charge in [-0.2, -0.15) is 4.31 Å². The summed E-state index contributed by atoms with van der Waals surface area (Å²) in [4.78, 5) is 12.8. The van der Waals surface area contributed by atoms with Gasteiger partial charge in [-0.15, -0.1) is 0 Å². The van der Waals surface area contributed by atoms with E-state index in [1.807, 2.05) is 0 Å². The minimum atomic E-state index is -3.67. The van der Waals surface area contributed by atoms with E-state index in [1.54, 1.807) is 6.92 Å². The molecule has 1 aliphatic heterocycles. The lowest BCUT2D eigenvalue weighted by Gasteiger charge is -2.26. The standard InChI is InChI=1S/C20H22BrFN2O4S/c1-2-28-19-9-7-15(29(26,27)24-10-4-3-5-11-24)13-18(19)23-20(25)16-12-14(22)6-8-17(16)21/h6-9,12-13H,2-5,10-11H2,1H3,(H,23,25). The Morgan fingerprint density at radius 1 is 1.17 bits per heavy atom. The van der Waals surface area contributed by atoms with Gasteiger partial charge in [0.1, 0.15) is 11.6 Å². The summed E-state index contributed by atoms with van der Waals surface area (Å²) in [5.41, 5.74) is 0.308. The third kappa shape index (κ3) is 4.96. The number of carbonyl (C=O) groups excluding carboxylic acids is 1. The van der Waals surface area contributed by atoms with Gasteiger partial charge in [-0.3, -0.25) is 4.79 Å². The van der Waals surface area contributed by atoms with Crippen LogP contribution in [0.4, 0.5) is 10.1 Å². The number of amides is 1. The summed E-state index contributed by atoms with van der Waals surface area (Å²) in [5.74, 6) is -0.791. The van der Waals surface area contributed by atoms with Gasteiger partial charge in [-0.1, -0.05) is 6.42 Å². The van der Waals surface area contributed by atoms with Crippen molar-refractivity contribution >= 4 is 37.5 Å². The predicted molar refractivity (Wildman–Crippen MR) is 112 cm³/mol. The Bertz CT molecular complexity index is 1010. The van der Waals surface area contributed by atoms with E-state index < -0.39 is 21.7 Å². The maximum absolute atomic E-state index is 13.6. The van der Waals surface area contributed by atoms with Crippen LogP contribution in [-0.4, -0.2) is 38.3 Å². The highest BCUT2D eigenvalue weighted by molar-refractivity contribution is 9.10. The third-order valence-electron chi connectivity index (χ3n) is 4.62. The maximum Gasteiger partial charge on any atom is 0.257 e. The van der Waals surface area contributed by atoms with Crippen molar-refractivity contribution < 1.29 is 22.3 Å². The second kappa shape index (κ2) is 9.23. The van der Waals surface area contributed by atoms with Crippen molar-refractivity contribution in [2.45, 2.75) is 31.1 Å². The van der Waals surface area contributed by atoms with E-state index in [4.69, 9.17) is 4.74 Å². The fourth-order valence-electron chi connectivity index (χ4n) is 3.16. The molecule has 1 fully saturated rings. The summed E-state index contributed by atoms with van der Waals surface area (Å²) in [6, 6.07) is 8.16. The highest BCUT2D eigenvalue weighted by Crippen LogP contribution is 2.31. The first-order chi connectivity index (χ1) is 13.8. The molecule has 0 atom stereocenters. The number of nitrogens with zero attached hydrogens (tertiary/aromatic N) is 1. The number of anilines is 1. The molecule has 2 aromatic rings. The average molecular weight is 485 g/mol. The number of rotatable bonds is 6. The molecule has 29 heavy (non-hydrogen) atoms. The number of nitrogens with one attached hydrogen (secondary N) is 1. The second-order valence-corrected chi connectivity index (χ2v) is 9.43. The number of piperidine rings is 1. The van der Waals surface area contributed by atoms with Crippen LogP contribution >= 0.6 is 15.9 Å². The van der Waals surface area contributed by atoms with Gasteiger partial charge in [-0.25, -0.2) is 12.8 Å². The number of halogens is 2. The van der Waals surface area contributed by atoms with E-state index in [2.05, 4.69) is 21.2 Å². The zero-order valence-electron chi connectivity index (χ0n) is 16.0. The molecule has 156 valence electrons. The molecule has 0 aliphatic carbocycles. The zero-order chi connectivity index (χ0) is 21.0. The summed E-state index contributed by atoms with van der Waals surface area (Å²) in [6.45, 7) is 3.08. The molecule has 0 unspecified atom stereocenters. The lowest BCUT2D eigenvalue weighted by Crippen LogP contribution is -2.35. The van der Waals surface area contributed by atoms with Gasteiger partial charge >= 0.3 is 0 Å². The molecule has 0 saturated carbocycles. The van der Waals surface area contributed by atoms with Crippen LogP contribution in [0.25, 0.3) is 0 Å². The molecule has 0 bridgehead atoms. The van der Waals surface area contributed by atoms with Gasteiger partial charge in [0.25, 0.3) is 5.91 Å². The largest absolute Gasteiger partial charge is 0.492 e. The topological polar surface area (TPSA) is 75.7 Å². The van der Waals surface area contributed by atoms with Gasteiger partial charge < -0.3 is 10.1 Å². The van der Waals surface area contributed by atoms with Crippen molar-refractivity contribution in [3.05, 3.63) is 52.3 Å².